The molecule has 0 unspecified atom stereocenters. The normalized spacial score (nSPS) is 11.8. The first-order valence-electron chi connectivity index (χ1n) is 13.0. The quantitative estimate of drug-likeness (QED) is 0.245. The van der Waals surface area contributed by atoms with E-state index >= 15 is 0 Å². The summed E-state index contributed by atoms with van der Waals surface area (Å²) < 4.78 is 0. The highest BCUT2D eigenvalue weighted by Crippen LogP contribution is 2.30. The summed E-state index contributed by atoms with van der Waals surface area (Å²) in [5.74, 6) is 0. The third kappa shape index (κ3) is 4.70. The van der Waals surface area contributed by atoms with Crippen LogP contribution in [-0.4, -0.2) is 29.9 Å². The topological polar surface area (TPSA) is 83.1 Å². The van der Waals surface area contributed by atoms with Crippen LogP contribution in [0.5, 0.6) is 0 Å². The van der Waals surface area contributed by atoms with Crippen LogP contribution in [0.25, 0.3) is 68.6 Å². The second-order valence-electron chi connectivity index (χ2n) is 9.46. The van der Waals surface area contributed by atoms with Crippen LogP contribution in [0.2, 0.25) is 0 Å². The Hall–Kier alpha value is -5.62. The number of nitrogens with one attached hydrogen (secondary N) is 2. The standard InChI is InChI=1S/C34H24N6/c1-3-7-23(8-4-1)33-29-15-11-25(37-29)19-35-21-27-13-17-31(39-27)34(24-9-5-2-6-10-24)32-18-14-28(40-32)22-36-20-26-12-16-30(33)38-26/h1-22,37,40H. The molecule has 0 saturated heterocycles. The fourth-order valence-corrected chi connectivity index (χ4v) is 4.92. The van der Waals surface area contributed by atoms with Crippen molar-refractivity contribution in [1.82, 2.24) is 29.9 Å². The van der Waals surface area contributed by atoms with Gasteiger partial charge < -0.3 is 9.97 Å². The monoisotopic (exact) mass is 516 g/mol. The number of fused-ring (bicyclic) bond motifs is 8. The van der Waals surface area contributed by atoms with Gasteiger partial charge in [0.15, 0.2) is 0 Å². The van der Waals surface area contributed by atoms with Gasteiger partial charge in [-0.05, 0) is 59.7 Å². The van der Waals surface area contributed by atoms with E-state index in [0.29, 0.717) is 0 Å². The Labute approximate surface area is 230 Å². The van der Waals surface area contributed by atoms with Gasteiger partial charge in [-0.1, -0.05) is 60.7 Å². The molecule has 7 rings (SSSR count). The number of aromatic amines is 2. The number of hydrogen-bond donors (Lipinski definition) is 2. The molecule has 5 aromatic rings. The minimum Gasteiger partial charge on any atom is -0.354 e. The van der Waals surface area contributed by atoms with Crippen LogP contribution in [0, 0.1) is 0 Å². The summed E-state index contributed by atoms with van der Waals surface area (Å²) in [6, 6.07) is 28.7. The van der Waals surface area contributed by atoms with Crippen molar-refractivity contribution >= 4 is 46.4 Å². The van der Waals surface area contributed by atoms with E-state index in [1.54, 1.807) is 12.4 Å². The molecular formula is C34H24N6. The largest absolute Gasteiger partial charge is 0.354 e. The van der Waals surface area contributed by atoms with Crippen molar-refractivity contribution in [3.8, 4) is 22.3 Å². The van der Waals surface area contributed by atoms with Crippen LogP contribution >= 0.6 is 0 Å². The Kier molecular flexibility index (Phi) is 6.03. The summed E-state index contributed by atoms with van der Waals surface area (Å²) >= 11 is 0. The van der Waals surface area contributed by atoms with E-state index in [1.165, 1.54) is 0 Å². The summed E-state index contributed by atoms with van der Waals surface area (Å²) in [5.41, 5.74) is 11.2. The molecule has 0 spiro atoms. The minimum absolute atomic E-state index is 0.786. The molecule has 2 aliphatic heterocycles. The van der Waals surface area contributed by atoms with Crippen molar-refractivity contribution in [2.24, 2.45) is 0 Å². The molecule has 190 valence electrons. The second-order valence-corrected chi connectivity index (χ2v) is 9.46. The number of H-pyrrole nitrogens is 2. The molecule has 6 heteroatoms. The summed E-state index contributed by atoms with van der Waals surface area (Å²) in [6.07, 6.45) is 15.2. The molecule has 0 fully saturated rings. The van der Waals surface area contributed by atoms with E-state index in [4.69, 9.17) is 9.97 Å². The van der Waals surface area contributed by atoms with E-state index in [0.717, 1.165) is 67.1 Å². The minimum atomic E-state index is 0.786. The van der Waals surface area contributed by atoms with Gasteiger partial charge >= 0.3 is 0 Å². The fourth-order valence-electron chi connectivity index (χ4n) is 4.92. The molecule has 8 bridgehead atoms. The van der Waals surface area contributed by atoms with Crippen molar-refractivity contribution in [2.45, 2.75) is 0 Å². The molecule has 6 nitrogen and oxygen atoms in total. The molecule has 0 saturated carbocycles. The summed E-state index contributed by atoms with van der Waals surface area (Å²) in [4.78, 5) is 25.9. The lowest BCUT2D eigenvalue weighted by Crippen LogP contribution is -1.85. The van der Waals surface area contributed by atoms with Crippen LogP contribution in [0.3, 0.4) is 0 Å². The van der Waals surface area contributed by atoms with Gasteiger partial charge in [0, 0.05) is 22.2 Å². The zero-order valence-electron chi connectivity index (χ0n) is 21.5. The summed E-state index contributed by atoms with van der Waals surface area (Å²) in [6.45, 7) is 0. The molecular weight excluding hydrogens is 492 g/mol. The van der Waals surface area contributed by atoms with Crippen molar-refractivity contribution in [3.05, 3.63) is 132 Å². The van der Waals surface area contributed by atoms with Crippen LogP contribution in [0.4, 0.5) is 0 Å². The van der Waals surface area contributed by atoms with Crippen LogP contribution in [0.15, 0.2) is 110 Å². The average Bonchev–Trinajstić information content (AvgIpc) is 3.80. The number of benzene rings is 2. The maximum atomic E-state index is 4.88. The van der Waals surface area contributed by atoms with Gasteiger partial charge in [-0.25, -0.2) is 9.97 Å². The van der Waals surface area contributed by atoms with E-state index in [-0.39, 0.29) is 0 Å². The van der Waals surface area contributed by atoms with E-state index < -0.39 is 0 Å². The highest BCUT2D eigenvalue weighted by Gasteiger charge is 2.11. The first kappa shape index (κ1) is 23.5. The van der Waals surface area contributed by atoms with Gasteiger partial charge in [0.1, 0.15) is 0 Å². The lowest BCUT2D eigenvalue weighted by molar-refractivity contribution is 1.25. The zero-order valence-corrected chi connectivity index (χ0v) is 21.5. The zero-order chi connectivity index (χ0) is 26.7. The van der Waals surface area contributed by atoms with E-state index in [9.17, 15) is 0 Å². The average molecular weight is 517 g/mol. The molecule has 2 N–H and O–H groups in total. The first-order chi connectivity index (χ1) is 19.8. The fraction of sp³-hybridized carbons (Fsp3) is 0. The Morgan fingerprint density at radius 3 is 1.32 bits per heavy atom. The van der Waals surface area contributed by atoms with Crippen molar-refractivity contribution < 1.29 is 0 Å². The summed E-state index contributed by atoms with van der Waals surface area (Å²) in [5, 5.41) is 0. The van der Waals surface area contributed by atoms with Gasteiger partial charge in [0.2, 0.25) is 0 Å². The third-order valence-corrected chi connectivity index (χ3v) is 6.76. The maximum absolute atomic E-state index is 4.88. The molecule has 2 aliphatic rings. The number of nitrogens with zero attached hydrogens (tertiary/aromatic N) is 4. The first-order valence-corrected chi connectivity index (χ1v) is 13.0. The van der Waals surface area contributed by atoms with Crippen molar-refractivity contribution in [1.29, 1.82) is 0 Å². The molecule has 0 amide bonds. The molecule has 2 aromatic carbocycles. The van der Waals surface area contributed by atoms with Gasteiger partial charge in [-0.2, -0.15) is 0 Å². The van der Waals surface area contributed by atoms with Crippen molar-refractivity contribution in [3.63, 3.8) is 0 Å². The van der Waals surface area contributed by atoms with Gasteiger partial charge in [0.25, 0.3) is 0 Å². The van der Waals surface area contributed by atoms with Crippen LogP contribution < -0.4 is 0 Å². The lowest BCUT2D eigenvalue weighted by Gasteiger charge is -2.03. The summed E-state index contributed by atoms with van der Waals surface area (Å²) in [7, 11) is 0. The van der Waals surface area contributed by atoms with Gasteiger partial charge in [0.05, 0.1) is 58.6 Å². The Morgan fingerprint density at radius 1 is 0.425 bits per heavy atom. The highest BCUT2D eigenvalue weighted by atomic mass is 14.8. The molecule has 5 heterocycles. The number of rotatable bonds is 2. The second kappa shape index (κ2) is 10.3. The smallest absolute Gasteiger partial charge is 0.0820 e. The highest BCUT2D eigenvalue weighted by molar-refractivity contribution is 5.91. The third-order valence-electron chi connectivity index (χ3n) is 6.76. The molecule has 3 aromatic heterocycles. The molecule has 0 radical (unpaired) electrons. The maximum Gasteiger partial charge on any atom is 0.0820 e. The number of hydrogen-bond acceptors (Lipinski definition) is 4. The van der Waals surface area contributed by atoms with Crippen LogP contribution in [-0.2, 0) is 0 Å². The predicted molar refractivity (Wildman–Crippen MR) is 163 cm³/mol. The predicted octanol–water partition coefficient (Wildman–Crippen LogP) is 7.90. The Bertz CT molecular complexity index is 1850. The van der Waals surface area contributed by atoms with E-state index in [2.05, 4.69) is 56.3 Å². The van der Waals surface area contributed by atoms with Crippen molar-refractivity contribution in [2.75, 3.05) is 0 Å². The molecule has 0 atom stereocenters. The molecule has 0 aliphatic carbocycles. The SMILES string of the molecule is C1=Cc2nc1cncc1ccc([nH]1)c(-c1ccccc1)c1nc(cncc3ccc([nH]3)c2-c2ccccc2)C=C1. The van der Waals surface area contributed by atoms with Gasteiger partial charge in [-0.3, -0.25) is 9.97 Å². The molecule has 40 heavy (non-hydrogen) atoms. The lowest BCUT2D eigenvalue weighted by atomic mass is 10.0. The number of aromatic nitrogens is 6. The van der Waals surface area contributed by atoms with Gasteiger partial charge in [-0.15, -0.1) is 0 Å². The Morgan fingerprint density at radius 2 is 0.875 bits per heavy atom. The van der Waals surface area contributed by atoms with E-state index in [1.807, 2.05) is 85.2 Å². The Balaban J connectivity index is 1.49. The van der Waals surface area contributed by atoms with Crippen LogP contribution in [0.1, 0.15) is 22.8 Å².